The first-order chi connectivity index (χ1) is 15.2. The summed E-state index contributed by atoms with van der Waals surface area (Å²) in [5.41, 5.74) is 7.19. The number of carbonyl (C=O) groups excluding carboxylic acids is 2. The average molecular weight is 438 g/mol. The number of ether oxygens (including phenoxy) is 1. The van der Waals surface area contributed by atoms with Crippen LogP contribution in [0.5, 0.6) is 0 Å². The van der Waals surface area contributed by atoms with Gasteiger partial charge in [-0.05, 0) is 45.7 Å². The number of nitrogens with one attached hydrogen (secondary N) is 1. The molecule has 0 aliphatic carbocycles. The third-order valence-corrected chi connectivity index (χ3v) is 5.12. The van der Waals surface area contributed by atoms with Gasteiger partial charge in [0.2, 0.25) is 5.91 Å². The first-order valence-corrected chi connectivity index (χ1v) is 10.5. The Labute approximate surface area is 185 Å². The molecule has 3 N–H and O–H groups in total. The molecule has 1 atom stereocenters. The van der Waals surface area contributed by atoms with Gasteiger partial charge in [-0.2, -0.15) is 0 Å². The SMILES string of the molecule is CC(C)(C)OC(=O)N1CCC[C@@H](Nc2cncc(-c3cnc4cc(C(N)=O)ccn34)n2)C1. The molecule has 4 rings (SSSR count). The van der Waals surface area contributed by atoms with E-state index in [0.29, 0.717) is 35.8 Å². The number of aromatic nitrogens is 4. The van der Waals surface area contributed by atoms with Crippen LogP contribution in [0.4, 0.5) is 10.6 Å². The second-order valence-electron chi connectivity index (χ2n) is 8.85. The van der Waals surface area contributed by atoms with Crippen molar-refractivity contribution in [2.24, 2.45) is 5.73 Å². The van der Waals surface area contributed by atoms with E-state index in [2.05, 4.69) is 20.3 Å². The van der Waals surface area contributed by atoms with Gasteiger partial charge >= 0.3 is 6.09 Å². The lowest BCUT2D eigenvalue weighted by Crippen LogP contribution is -2.47. The van der Waals surface area contributed by atoms with Crippen molar-refractivity contribution in [1.29, 1.82) is 0 Å². The zero-order valence-electron chi connectivity index (χ0n) is 18.4. The topological polar surface area (TPSA) is 128 Å². The van der Waals surface area contributed by atoms with Crippen LogP contribution in [0.1, 0.15) is 44.0 Å². The summed E-state index contributed by atoms with van der Waals surface area (Å²) < 4.78 is 7.32. The summed E-state index contributed by atoms with van der Waals surface area (Å²) in [5, 5.41) is 3.39. The number of imidazole rings is 1. The highest BCUT2D eigenvalue weighted by molar-refractivity contribution is 5.93. The molecule has 1 aliphatic heterocycles. The number of likely N-dealkylation sites (tertiary alicyclic amines) is 1. The predicted molar refractivity (Wildman–Crippen MR) is 119 cm³/mol. The molecule has 10 nitrogen and oxygen atoms in total. The van der Waals surface area contributed by atoms with E-state index in [9.17, 15) is 9.59 Å². The van der Waals surface area contributed by atoms with Crippen molar-refractivity contribution in [2.75, 3.05) is 18.4 Å². The number of hydrogen-bond donors (Lipinski definition) is 2. The average Bonchev–Trinajstić information content (AvgIpc) is 3.16. The molecule has 2 amide bonds. The second kappa shape index (κ2) is 8.45. The van der Waals surface area contributed by atoms with Gasteiger partial charge in [0.1, 0.15) is 22.8 Å². The maximum Gasteiger partial charge on any atom is 0.410 e. The predicted octanol–water partition coefficient (Wildman–Crippen LogP) is 2.70. The summed E-state index contributed by atoms with van der Waals surface area (Å²) in [7, 11) is 0. The molecule has 3 aromatic heterocycles. The van der Waals surface area contributed by atoms with Gasteiger partial charge in [0.05, 0.1) is 24.3 Å². The Hall–Kier alpha value is -3.69. The zero-order valence-corrected chi connectivity index (χ0v) is 18.4. The van der Waals surface area contributed by atoms with Crippen LogP contribution in [-0.2, 0) is 4.74 Å². The maximum atomic E-state index is 12.4. The van der Waals surface area contributed by atoms with E-state index >= 15 is 0 Å². The Morgan fingerprint density at radius 2 is 2.06 bits per heavy atom. The molecular weight excluding hydrogens is 410 g/mol. The van der Waals surface area contributed by atoms with Gasteiger partial charge in [0, 0.05) is 30.9 Å². The molecule has 0 spiro atoms. The first-order valence-electron chi connectivity index (χ1n) is 10.5. The lowest BCUT2D eigenvalue weighted by Gasteiger charge is -2.34. The number of nitrogens with zero attached hydrogens (tertiary/aromatic N) is 5. The van der Waals surface area contributed by atoms with Crippen molar-refractivity contribution in [3.05, 3.63) is 42.5 Å². The van der Waals surface area contributed by atoms with E-state index < -0.39 is 11.5 Å². The highest BCUT2D eigenvalue weighted by Gasteiger charge is 2.27. The third-order valence-electron chi connectivity index (χ3n) is 5.12. The van der Waals surface area contributed by atoms with Crippen LogP contribution in [-0.4, -0.2) is 61.0 Å². The Balaban J connectivity index is 1.49. The fourth-order valence-electron chi connectivity index (χ4n) is 3.68. The lowest BCUT2D eigenvalue weighted by atomic mass is 10.1. The molecule has 10 heteroatoms. The molecule has 3 aromatic rings. The number of carbonyl (C=O) groups is 2. The van der Waals surface area contributed by atoms with Crippen molar-refractivity contribution in [2.45, 2.75) is 45.3 Å². The summed E-state index contributed by atoms with van der Waals surface area (Å²) >= 11 is 0. The molecule has 0 radical (unpaired) electrons. The minimum absolute atomic E-state index is 0.0427. The fraction of sp³-hybridized carbons (Fsp3) is 0.409. The van der Waals surface area contributed by atoms with Crippen molar-refractivity contribution in [1.82, 2.24) is 24.3 Å². The number of fused-ring (bicyclic) bond motifs is 1. The number of hydrogen-bond acceptors (Lipinski definition) is 7. The second-order valence-corrected chi connectivity index (χ2v) is 8.85. The van der Waals surface area contributed by atoms with Crippen LogP contribution in [0.25, 0.3) is 17.0 Å². The molecule has 1 saturated heterocycles. The number of rotatable bonds is 4. The minimum Gasteiger partial charge on any atom is -0.444 e. The Bertz CT molecular complexity index is 1150. The number of anilines is 1. The van der Waals surface area contributed by atoms with E-state index in [4.69, 9.17) is 10.5 Å². The number of piperidine rings is 1. The number of nitrogens with two attached hydrogens (primary N) is 1. The number of primary amides is 1. The van der Waals surface area contributed by atoms with Gasteiger partial charge in [-0.25, -0.2) is 14.8 Å². The Kier molecular flexibility index (Phi) is 5.68. The van der Waals surface area contributed by atoms with E-state index in [1.165, 1.54) is 0 Å². The quantitative estimate of drug-likeness (QED) is 0.642. The molecule has 0 bridgehead atoms. The van der Waals surface area contributed by atoms with E-state index in [1.54, 1.807) is 41.8 Å². The molecule has 0 unspecified atom stereocenters. The highest BCUT2D eigenvalue weighted by Crippen LogP contribution is 2.22. The third kappa shape index (κ3) is 4.79. The van der Waals surface area contributed by atoms with Gasteiger partial charge < -0.3 is 20.7 Å². The van der Waals surface area contributed by atoms with Gasteiger partial charge in [-0.15, -0.1) is 0 Å². The first kappa shape index (κ1) is 21.5. The molecule has 0 saturated carbocycles. The Morgan fingerprint density at radius 1 is 1.25 bits per heavy atom. The Morgan fingerprint density at radius 3 is 2.81 bits per heavy atom. The van der Waals surface area contributed by atoms with Gasteiger partial charge in [0.25, 0.3) is 0 Å². The van der Waals surface area contributed by atoms with E-state index in [0.717, 1.165) is 18.5 Å². The largest absolute Gasteiger partial charge is 0.444 e. The van der Waals surface area contributed by atoms with Crippen LogP contribution in [0.15, 0.2) is 36.9 Å². The minimum atomic E-state index is -0.524. The van der Waals surface area contributed by atoms with Gasteiger partial charge in [-0.1, -0.05) is 0 Å². The van der Waals surface area contributed by atoms with Crippen molar-refractivity contribution < 1.29 is 14.3 Å². The van der Waals surface area contributed by atoms with Crippen molar-refractivity contribution in [3.8, 4) is 11.4 Å². The van der Waals surface area contributed by atoms with E-state index in [1.807, 2.05) is 25.2 Å². The molecule has 1 aliphatic rings. The molecule has 32 heavy (non-hydrogen) atoms. The molecule has 168 valence electrons. The number of pyridine rings is 1. The van der Waals surface area contributed by atoms with Gasteiger partial charge in [0.15, 0.2) is 0 Å². The standard InChI is InChI=1S/C22H27N7O3/c1-22(2,3)32-21(31)28-7-4-5-15(13-28)26-18-12-24-10-16(27-18)17-11-25-19-9-14(20(23)30)6-8-29(17)19/h6,8-12,15H,4-5,7,13H2,1-3H3,(H2,23,30)(H,26,27)/t15-/m1/s1. The summed E-state index contributed by atoms with van der Waals surface area (Å²) in [6, 6.07) is 3.32. The zero-order chi connectivity index (χ0) is 22.9. The van der Waals surface area contributed by atoms with Crippen LogP contribution in [0.2, 0.25) is 0 Å². The maximum absolute atomic E-state index is 12.4. The van der Waals surface area contributed by atoms with Crippen LogP contribution in [0, 0.1) is 0 Å². The van der Waals surface area contributed by atoms with Crippen LogP contribution < -0.4 is 11.1 Å². The summed E-state index contributed by atoms with van der Waals surface area (Å²) in [6.07, 6.45) is 8.22. The molecule has 4 heterocycles. The molecule has 1 fully saturated rings. The summed E-state index contributed by atoms with van der Waals surface area (Å²) in [6.45, 7) is 6.79. The summed E-state index contributed by atoms with van der Waals surface area (Å²) in [5.74, 6) is 0.109. The van der Waals surface area contributed by atoms with Crippen LogP contribution in [0.3, 0.4) is 0 Å². The van der Waals surface area contributed by atoms with Crippen molar-refractivity contribution >= 4 is 23.5 Å². The summed E-state index contributed by atoms with van der Waals surface area (Å²) in [4.78, 5) is 38.9. The van der Waals surface area contributed by atoms with Crippen molar-refractivity contribution in [3.63, 3.8) is 0 Å². The lowest BCUT2D eigenvalue weighted by molar-refractivity contribution is 0.0206. The highest BCUT2D eigenvalue weighted by atomic mass is 16.6. The molecule has 0 aromatic carbocycles. The fourth-order valence-corrected chi connectivity index (χ4v) is 3.68. The normalized spacial score (nSPS) is 16.7. The van der Waals surface area contributed by atoms with E-state index in [-0.39, 0.29) is 12.1 Å². The number of amides is 2. The van der Waals surface area contributed by atoms with Crippen LogP contribution >= 0.6 is 0 Å². The van der Waals surface area contributed by atoms with Gasteiger partial charge in [-0.3, -0.25) is 14.2 Å². The monoisotopic (exact) mass is 437 g/mol. The smallest absolute Gasteiger partial charge is 0.410 e. The molecular formula is C22H27N7O3.